The summed E-state index contributed by atoms with van der Waals surface area (Å²) in [6.45, 7) is 10.5. The van der Waals surface area contributed by atoms with Crippen molar-refractivity contribution in [3.8, 4) is 35.2 Å². The number of halogens is 2. The normalized spacial score (nSPS) is 11.3. The van der Waals surface area contributed by atoms with Crippen LogP contribution in [0.4, 0.5) is 30.0 Å². The Morgan fingerprint density at radius 2 is 1.21 bits per heavy atom. The summed E-state index contributed by atoms with van der Waals surface area (Å²) in [5.74, 6) is 11.8. The van der Waals surface area contributed by atoms with Gasteiger partial charge in [-0.1, -0.05) is 23.7 Å². The summed E-state index contributed by atoms with van der Waals surface area (Å²) in [6, 6.07) is 19.0. The first-order chi connectivity index (χ1) is 29.3. The fraction of sp³-hybridized carbons (Fsp3) is 0.255. The standard InChI is InChI=1S/C24H23FN2O4.C23H22FN3O3S/c1-24(2,3)31-23(28)27(4)21-13-10-16(22(25)26-21)8-6-7-9-19-15-17-14-18(29-5)11-12-20(17)30-19;1-23(2,3)30-22(28)27(4)19-13-10-15(21(24)26-19)8-6-7-9-20-25-17-12-11-16(29-5)14-18(17)31-20/h7,9-15H,1-5H3;7,9-14H,1-5H3/b2*9-7+. The van der Waals surface area contributed by atoms with Gasteiger partial charge in [0.05, 0.1) is 35.6 Å². The number of hydrogen-bond donors (Lipinski definition) is 0. The van der Waals surface area contributed by atoms with Crippen LogP contribution >= 0.6 is 11.3 Å². The highest BCUT2D eigenvalue weighted by molar-refractivity contribution is 7.19. The molecule has 6 aromatic rings. The third-order valence-electron chi connectivity index (χ3n) is 8.10. The van der Waals surface area contributed by atoms with E-state index in [4.69, 9.17) is 23.4 Å². The molecule has 320 valence electrons. The molecule has 0 N–H and O–H groups in total. The Kier molecular flexibility index (Phi) is 14.7. The van der Waals surface area contributed by atoms with Crippen molar-refractivity contribution in [2.75, 3.05) is 38.1 Å². The van der Waals surface area contributed by atoms with Gasteiger partial charge in [-0.05, 0) is 133 Å². The number of aromatic nitrogens is 3. The maximum Gasteiger partial charge on any atom is 0.415 e. The summed E-state index contributed by atoms with van der Waals surface area (Å²) in [6.07, 6.45) is 5.39. The zero-order chi connectivity index (χ0) is 45.2. The van der Waals surface area contributed by atoms with Crippen LogP contribution < -0.4 is 19.3 Å². The SMILES string of the molecule is COc1ccc2nc(/C=C/C#Cc3ccc(N(C)C(=O)OC(C)(C)C)nc3F)sc2c1.COc1ccc2oc(/C=C/C#Cc3ccc(N(C)C(=O)OC(C)(C)C)nc3F)cc2c1. The molecule has 0 aliphatic carbocycles. The lowest BCUT2D eigenvalue weighted by molar-refractivity contribution is 0.0577. The highest BCUT2D eigenvalue weighted by Crippen LogP contribution is 2.27. The molecule has 2 aromatic carbocycles. The number of hydrogen-bond acceptors (Lipinski definition) is 11. The van der Waals surface area contributed by atoms with Crippen molar-refractivity contribution in [3.05, 3.63) is 113 Å². The third kappa shape index (κ3) is 12.9. The van der Waals surface area contributed by atoms with E-state index in [9.17, 15) is 18.4 Å². The number of pyridine rings is 2. The van der Waals surface area contributed by atoms with Gasteiger partial charge in [0, 0.05) is 19.5 Å². The number of rotatable bonds is 6. The van der Waals surface area contributed by atoms with Gasteiger partial charge in [0.2, 0.25) is 11.9 Å². The van der Waals surface area contributed by atoms with Crippen LogP contribution in [-0.2, 0) is 9.47 Å². The second-order valence-electron chi connectivity index (χ2n) is 15.2. The van der Waals surface area contributed by atoms with E-state index in [-0.39, 0.29) is 22.8 Å². The Morgan fingerprint density at radius 3 is 1.73 bits per heavy atom. The Hall–Kier alpha value is -7.23. The molecule has 0 saturated carbocycles. The number of allylic oxidation sites excluding steroid dienone is 2. The van der Waals surface area contributed by atoms with E-state index in [1.165, 1.54) is 49.7 Å². The van der Waals surface area contributed by atoms with Gasteiger partial charge in [-0.2, -0.15) is 8.78 Å². The largest absolute Gasteiger partial charge is 0.497 e. The van der Waals surface area contributed by atoms with Gasteiger partial charge in [0.15, 0.2) is 0 Å². The van der Waals surface area contributed by atoms with Crippen LogP contribution in [0.3, 0.4) is 0 Å². The van der Waals surface area contributed by atoms with E-state index in [1.54, 1.807) is 80.1 Å². The molecular weight excluding hydrogens is 817 g/mol. The molecule has 0 aliphatic rings. The first kappa shape index (κ1) is 45.8. The number of carbonyl (C=O) groups excluding carboxylic acids is 2. The minimum Gasteiger partial charge on any atom is -0.497 e. The second-order valence-corrected chi connectivity index (χ2v) is 16.3. The van der Waals surface area contributed by atoms with E-state index in [1.807, 2.05) is 42.5 Å². The van der Waals surface area contributed by atoms with Crippen LogP contribution in [0.2, 0.25) is 0 Å². The number of methoxy groups -OCH3 is 2. The lowest BCUT2D eigenvalue weighted by atomic mass is 10.2. The molecule has 4 aromatic heterocycles. The number of nitrogens with zero attached hydrogens (tertiary/aromatic N) is 5. The van der Waals surface area contributed by atoms with Crippen molar-refractivity contribution < 1.29 is 41.7 Å². The summed E-state index contributed by atoms with van der Waals surface area (Å²) in [7, 11) is 6.16. The van der Waals surface area contributed by atoms with Crippen LogP contribution in [0.1, 0.15) is 63.4 Å². The van der Waals surface area contributed by atoms with Crippen LogP contribution in [0.5, 0.6) is 11.5 Å². The van der Waals surface area contributed by atoms with Crippen molar-refractivity contribution in [3.63, 3.8) is 0 Å². The molecule has 12 nitrogen and oxygen atoms in total. The highest BCUT2D eigenvalue weighted by atomic mass is 32.1. The first-order valence-electron chi connectivity index (χ1n) is 19.0. The van der Waals surface area contributed by atoms with Gasteiger partial charge < -0.3 is 23.4 Å². The van der Waals surface area contributed by atoms with Gasteiger partial charge in [-0.3, -0.25) is 9.80 Å². The van der Waals surface area contributed by atoms with Crippen molar-refractivity contribution in [1.82, 2.24) is 15.0 Å². The van der Waals surface area contributed by atoms with E-state index in [0.29, 0.717) is 5.76 Å². The quantitative estimate of drug-likeness (QED) is 0.118. The van der Waals surface area contributed by atoms with Crippen LogP contribution in [-0.4, -0.2) is 66.7 Å². The van der Waals surface area contributed by atoms with Gasteiger partial charge in [-0.15, -0.1) is 11.3 Å². The molecule has 0 atom stereocenters. The van der Waals surface area contributed by atoms with E-state index >= 15 is 0 Å². The zero-order valence-electron chi connectivity index (χ0n) is 35.9. The topological polar surface area (TPSA) is 129 Å². The summed E-state index contributed by atoms with van der Waals surface area (Å²) in [4.78, 5) is 38.6. The van der Waals surface area contributed by atoms with E-state index < -0.39 is 35.3 Å². The number of anilines is 2. The van der Waals surface area contributed by atoms with Crippen molar-refractivity contribution in [2.24, 2.45) is 0 Å². The molecule has 62 heavy (non-hydrogen) atoms. The molecule has 0 fully saturated rings. The van der Waals surface area contributed by atoms with E-state index in [2.05, 4.69) is 38.6 Å². The molecule has 2 amide bonds. The Balaban J connectivity index is 0.000000234. The predicted octanol–water partition coefficient (Wildman–Crippen LogP) is 10.7. The van der Waals surface area contributed by atoms with Crippen molar-refractivity contribution >= 4 is 68.5 Å². The van der Waals surface area contributed by atoms with Crippen molar-refractivity contribution in [1.29, 1.82) is 0 Å². The third-order valence-corrected chi connectivity index (χ3v) is 9.08. The maximum absolute atomic E-state index is 14.3. The minimum absolute atomic E-state index is 0.111. The lowest BCUT2D eigenvalue weighted by Gasteiger charge is -2.24. The van der Waals surface area contributed by atoms with Gasteiger partial charge >= 0.3 is 12.2 Å². The predicted molar refractivity (Wildman–Crippen MR) is 238 cm³/mol. The van der Waals surface area contributed by atoms with Crippen LogP contribution in [0, 0.1) is 35.6 Å². The minimum atomic E-state index is -0.773. The monoisotopic (exact) mass is 861 g/mol. The summed E-state index contributed by atoms with van der Waals surface area (Å²) in [5.41, 5.74) is 0.525. The molecule has 0 aliphatic heterocycles. The molecule has 0 unspecified atom stereocenters. The van der Waals surface area contributed by atoms with Gasteiger partial charge in [-0.25, -0.2) is 24.5 Å². The summed E-state index contributed by atoms with van der Waals surface area (Å²) in [5, 5.41) is 1.69. The summed E-state index contributed by atoms with van der Waals surface area (Å²) < 4.78 is 56.3. The lowest BCUT2D eigenvalue weighted by Crippen LogP contribution is -2.34. The Bertz CT molecular complexity index is 2590. The number of ether oxygens (including phenoxy) is 4. The second kappa shape index (κ2) is 19.9. The molecule has 0 bridgehead atoms. The maximum atomic E-state index is 14.3. The van der Waals surface area contributed by atoms with Crippen LogP contribution in [0.25, 0.3) is 33.3 Å². The highest BCUT2D eigenvalue weighted by Gasteiger charge is 2.23. The fourth-order valence-electron chi connectivity index (χ4n) is 5.11. The fourth-order valence-corrected chi connectivity index (χ4v) is 6.00. The Labute approximate surface area is 362 Å². The average molecular weight is 862 g/mol. The Morgan fingerprint density at radius 1 is 0.694 bits per heavy atom. The molecular formula is C47H45F2N5O7S. The molecule has 4 heterocycles. The van der Waals surface area contributed by atoms with Crippen molar-refractivity contribution in [2.45, 2.75) is 52.7 Å². The zero-order valence-corrected chi connectivity index (χ0v) is 36.7. The number of benzene rings is 2. The average Bonchev–Trinajstić information content (AvgIpc) is 3.83. The van der Waals surface area contributed by atoms with Crippen LogP contribution in [0.15, 0.2) is 83.3 Å². The number of thiazole rings is 1. The van der Waals surface area contributed by atoms with Gasteiger partial charge in [0.25, 0.3) is 0 Å². The molecule has 0 saturated heterocycles. The molecule has 15 heteroatoms. The first-order valence-corrected chi connectivity index (χ1v) is 19.8. The summed E-state index contributed by atoms with van der Waals surface area (Å²) >= 11 is 1.51. The number of fused-ring (bicyclic) bond motifs is 2. The van der Waals surface area contributed by atoms with Gasteiger partial charge in [0.1, 0.15) is 50.7 Å². The smallest absolute Gasteiger partial charge is 0.415 e. The molecule has 0 radical (unpaired) electrons. The number of carbonyl (C=O) groups is 2. The van der Waals surface area contributed by atoms with E-state index in [0.717, 1.165) is 47.5 Å². The molecule has 0 spiro atoms. The number of furan rings is 1. The molecule has 6 rings (SSSR count). The number of amides is 2.